The van der Waals surface area contributed by atoms with E-state index in [0.717, 1.165) is 56.4 Å². The highest BCUT2D eigenvalue weighted by atomic mass is 19.2. The van der Waals surface area contributed by atoms with Gasteiger partial charge in [-0.1, -0.05) is 45.4 Å². The molecule has 0 aliphatic carbocycles. The van der Waals surface area contributed by atoms with Gasteiger partial charge < -0.3 is 15.5 Å². The van der Waals surface area contributed by atoms with E-state index in [-0.39, 0.29) is 23.9 Å². The molecule has 0 spiro atoms. The Morgan fingerprint density at radius 1 is 1.11 bits per heavy atom. The minimum absolute atomic E-state index is 0.0448. The molecule has 7 heteroatoms. The van der Waals surface area contributed by atoms with Gasteiger partial charge in [0.25, 0.3) is 5.91 Å². The van der Waals surface area contributed by atoms with E-state index in [9.17, 15) is 13.6 Å². The average Bonchev–Trinajstić information content (AvgIpc) is 3.39. The van der Waals surface area contributed by atoms with Gasteiger partial charge in [-0.3, -0.25) is 4.79 Å². The molecule has 1 aliphatic rings. The standard InChI is InChI=1S/C29H36F2N4O/c1-4-19(18-34(5-2)6-3)28(32)27-12-9-15-35(27)29(36)22-17-26(20-13-14-23(30)24(31)16-20)33-25-11-8-7-10-21(22)25/h7-8,10-11,13-14,16-17,19,27-28H,4-6,9,12,15,18,32H2,1-3H3. The first kappa shape index (κ1) is 26.2. The van der Waals surface area contributed by atoms with Crippen LogP contribution in [0.5, 0.6) is 0 Å². The summed E-state index contributed by atoms with van der Waals surface area (Å²) >= 11 is 0. The number of nitrogens with two attached hydrogens (primary N) is 1. The zero-order valence-corrected chi connectivity index (χ0v) is 21.4. The maximum atomic E-state index is 14.0. The molecule has 36 heavy (non-hydrogen) atoms. The normalized spacial score (nSPS) is 17.6. The van der Waals surface area contributed by atoms with Crippen molar-refractivity contribution in [3.05, 3.63) is 65.7 Å². The number of benzene rings is 2. The van der Waals surface area contributed by atoms with E-state index in [1.165, 1.54) is 6.07 Å². The number of carbonyl (C=O) groups excluding carboxylic acids is 1. The van der Waals surface area contributed by atoms with Crippen molar-refractivity contribution in [3.63, 3.8) is 0 Å². The fourth-order valence-electron chi connectivity index (χ4n) is 5.41. The molecule has 192 valence electrons. The number of halogens is 2. The van der Waals surface area contributed by atoms with Crippen molar-refractivity contribution in [1.82, 2.24) is 14.8 Å². The third-order valence-electron chi connectivity index (χ3n) is 7.62. The predicted octanol–water partition coefficient (Wildman–Crippen LogP) is 5.48. The van der Waals surface area contributed by atoms with Gasteiger partial charge in [-0.2, -0.15) is 0 Å². The highest BCUT2D eigenvalue weighted by molar-refractivity contribution is 6.07. The fourth-order valence-corrected chi connectivity index (χ4v) is 5.41. The minimum Gasteiger partial charge on any atom is -0.334 e. The lowest BCUT2D eigenvalue weighted by molar-refractivity contribution is 0.0686. The van der Waals surface area contributed by atoms with Gasteiger partial charge in [0, 0.05) is 36.1 Å². The molecule has 0 saturated carbocycles. The Hall–Kier alpha value is -2.90. The second kappa shape index (κ2) is 11.4. The second-order valence-corrected chi connectivity index (χ2v) is 9.64. The molecule has 3 unspecified atom stereocenters. The molecule has 1 saturated heterocycles. The Morgan fingerprint density at radius 2 is 1.86 bits per heavy atom. The molecule has 3 aromatic rings. The summed E-state index contributed by atoms with van der Waals surface area (Å²) in [5.41, 5.74) is 8.86. The lowest BCUT2D eigenvalue weighted by Crippen LogP contribution is -2.52. The maximum Gasteiger partial charge on any atom is 0.254 e. The molecule has 1 amide bonds. The number of aromatic nitrogens is 1. The highest BCUT2D eigenvalue weighted by Gasteiger charge is 2.37. The van der Waals surface area contributed by atoms with Crippen LogP contribution in [-0.2, 0) is 0 Å². The summed E-state index contributed by atoms with van der Waals surface area (Å²) in [4.78, 5) is 23.0. The number of hydrogen-bond acceptors (Lipinski definition) is 4. The Balaban J connectivity index is 1.69. The van der Waals surface area contributed by atoms with Crippen molar-refractivity contribution in [1.29, 1.82) is 0 Å². The Labute approximate surface area is 212 Å². The smallest absolute Gasteiger partial charge is 0.254 e. The van der Waals surface area contributed by atoms with E-state index in [1.807, 2.05) is 29.2 Å². The molecular formula is C29H36F2N4O. The molecule has 2 aromatic carbocycles. The molecule has 4 rings (SSSR count). The van der Waals surface area contributed by atoms with E-state index in [4.69, 9.17) is 5.73 Å². The molecule has 2 N–H and O–H groups in total. The van der Waals surface area contributed by atoms with Crippen molar-refractivity contribution in [3.8, 4) is 11.3 Å². The number of pyridine rings is 1. The molecule has 0 radical (unpaired) electrons. The lowest BCUT2D eigenvalue weighted by atomic mass is 9.89. The Bertz CT molecular complexity index is 1210. The molecule has 2 heterocycles. The van der Waals surface area contributed by atoms with Crippen LogP contribution in [0.15, 0.2) is 48.5 Å². The molecule has 1 aliphatic heterocycles. The molecular weight excluding hydrogens is 458 g/mol. The number of carbonyl (C=O) groups is 1. The zero-order chi connectivity index (χ0) is 25.8. The summed E-state index contributed by atoms with van der Waals surface area (Å²) in [5, 5.41) is 0.739. The van der Waals surface area contributed by atoms with Crippen molar-refractivity contribution in [2.45, 2.75) is 52.1 Å². The zero-order valence-electron chi connectivity index (χ0n) is 21.4. The highest BCUT2D eigenvalue weighted by Crippen LogP contribution is 2.31. The van der Waals surface area contributed by atoms with Gasteiger partial charge in [0.15, 0.2) is 11.6 Å². The Kier molecular flexibility index (Phi) is 8.32. The van der Waals surface area contributed by atoms with Gasteiger partial charge in [0.05, 0.1) is 16.8 Å². The minimum atomic E-state index is -0.945. The van der Waals surface area contributed by atoms with Crippen LogP contribution in [0, 0.1) is 17.6 Å². The average molecular weight is 495 g/mol. The summed E-state index contributed by atoms with van der Waals surface area (Å²) in [7, 11) is 0. The van der Waals surface area contributed by atoms with E-state index in [1.54, 1.807) is 6.07 Å². The second-order valence-electron chi connectivity index (χ2n) is 9.64. The maximum absolute atomic E-state index is 14.0. The van der Waals surface area contributed by atoms with E-state index in [0.29, 0.717) is 28.9 Å². The van der Waals surface area contributed by atoms with Crippen LogP contribution in [-0.4, -0.2) is 59.0 Å². The molecule has 3 atom stereocenters. The van der Waals surface area contributed by atoms with Crippen LogP contribution >= 0.6 is 0 Å². The van der Waals surface area contributed by atoms with Crippen molar-refractivity contribution < 1.29 is 13.6 Å². The molecule has 1 aromatic heterocycles. The first-order chi connectivity index (χ1) is 17.4. The first-order valence-electron chi connectivity index (χ1n) is 13.0. The topological polar surface area (TPSA) is 62.5 Å². The number of para-hydroxylation sites is 1. The van der Waals surface area contributed by atoms with E-state index >= 15 is 0 Å². The van der Waals surface area contributed by atoms with Crippen LogP contribution in [0.3, 0.4) is 0 Å². The van der Waals surface area contributed by atoms with E-state index < -0.39 is 11.6 Å². The van der Waals surface area contributed by atoms with Gasteiger partial charge >= 0.3 is 0 Å². The molecule has 5 nitrogen and oxygen atoms in total. The summed E-state index contributed by atoms with van der Waals surface area (Å²) < 4.78 is 27.5. The van der Waals surface area contributed by atoms with Crippen LogP contribution in [0.25, 0.3) is 22.2 Å². The number of fused-ring (bicyclic) bond motifs is 1. The van der Waals surface area contributed by atoms with Crippen molar-refractivity contribution >= 4 is 16.8 Å². The predicted molar refractivity (Wildman–Crippen MR) is 141 cm³/mol. The van der Waals surface area contributed by atoms with Crippen LogP contribution in [0.1, 0.15) is 50.4 Å². The first-order valence-corrected chi connectivity index (χ1v) is 13.0. The Morgan fingerprint density at radius 3 is 2.56 bits per heavy atom. The number of nitrogens with zero attached hydrogens (tertiary/aromatic N) is 3. The fraction of sp³-hybridized carbons (Fsp3) is 0.448. The van der Waals surface area contributed by atoms with Crippen LogP contribution in [0.4, 0.5) is 8.78 Å². The van der Waals surface area contributed by atoms with Crippen molar-refractivity contribution in [2.75, 3.05) is 26.2 Å². The third-order valence-corrected chi connectivity index (χ3v) is 7.62. The van der Waals surface area contributed by atoms with Gasteiger partial charge in [0.1, 0.15) is 0 Å². The van der Waals surface area contributed by atoms with Crippen molar-refractivity contribution in [2.24, 2.45) is 11.7 Å². The molecule has 0 bridgehead atoms. The van der Waals surface area contributed by atoms with E-state index in [2.05, 4.69) is 30.7 Å². The SMILES string of the molecule is CCC(CN(CC)CC)C(N)C1CCCN1C(=O)c1cc(-c2ccc(F)c(F)c2)nc2ccccc12. The quantitative estimate of drug-likeness (QED) is 0.428. The number of hydrogen-bond donors (Lipinski definition) is 1. The van der Waals surface area contributed by atoms with Gasteiger partial charge in [-0.25, -0.2) is 13.8 Å². The molecule has 1 fully saturated rings. The lowest BCUT2D eigenvalue weighted by Gasteiger charge is -2.36. The van der Waals surface area contributed by atoms with Gasteiger partial charge in [-0.15, -0.1) is 0 Å². The summed E-state index contributed by atoms with van der Waals surface area (Å²) in [6.07, 6.45) is 2.74. The monoisotopic (exact) mass is 494 g/mol. The summed E-state index contributed by atoms with van der Waals surface area (Å²) in [6.45, 7) is 10.0. The van der Waals surface area contributed by atoms with Crippen LogP contribution < -0.4 is 5.73 Å². The third kappa shape index (κ3) is 5.27. The number of rotatable bonds is 9. The van der Waals surface area contributed by atoms with Gasteiger partial charge in [0.2, 0.25) is 0 Å². The van der Waals surface area contributed by atoms with Gasteiger partial charge in [-0.05, 0) is 62.2 Å². The summed E-state index contributed by atoms with van der Waals surface area (Å²) in [6, 6.07) is 12.7. The van der Waals surface area contributed by atoms with Crippen LogP contribution in [0.2, 0.25) is 0 Å². The summed E-state index contributed by atoms with van der Waals surface area (Å²) in [5.74, 6) is -1.66. The largest absolute Gasteiger partial charge is 0.334 e. The number of likely N-dealkylation sites (tertiary alicyclic amines) is 1. The number of amides is 1.